The Morgan fingerprint density at radius 3 is 2.50 bits per heavy atom. The standard InChI is InChI=1S/C17H19ClN2O2/c18-15-3-1-14(2-4-15)12-20-6-5-17(21)11-16(20)13-19-7-9-22-10-8-19/h1-6,11H,7-10,12-13H2. The van der Waals surface area contributed by atoms with Crippen LogP contribution < -0.4 is 5.43 Å². The number of hydrogen-bond acceptors (Lipinski definition) is 3. The van der Waals surface area contributed by atoms with Gasteiger partial charge < -0.3 is 9.30 Å². The van der Waals surface area contributed by atoms with Crippen molar-refractivity contribution >= 4 is 11.6 Å². The van der Waals surface area contributed by atoms with Gasteiger partial charge in [0.2, 0.25) is 0 Å². The topological polar surface area (TPSA) is 34.5 Å². The molecule has 0 radical (unpaired) electrons. The summed E-state index contributed by atoms with van der Waals surface area (Å²) in [5.74, 6) is 0. The molecule has 3 rings (SSSR count). The summed E-state index contributed by atoms with van der Waals surface area (Å²) in [6.07, 6.45) is 1.87. The van der Waals surface area contributed by atoms with Gasteiger partial charge in [0.25, 0.3) is 0 Å². The first-order valence-corrected chi connectivity index (χ1v) is 7.82. The van der Waals surface area contributed by atoms with Crippen LogP contribution in [0.2, 0.25) is 5.02 Å². The second kappa shape index (κ2) is 7.09. The van der Waals surface area contributed by atoms with E-state index in [1.165, 1.54) is 0 Å². The smallest absolute Gasteiger partial charge is 0.181 e. The zero-order valence-corrected chi connectivity index (χ0v) is 13.1. The first-order valence-electron chi connectivity index (χ1n) is 7.45. The van der Waals surface area contributed by atoms with Crippen molar-refractivity contribution in [3.05, 3.63) is 69.1 Å². The average Bonchev–Trinajstić information content (AvgIpc) is 2.53. The molecular weight excluding hydrogens is 300 g/mol. The molecule has 1 saturated heterocycles. The van der Waals surface area contributed by atoms with Crippen LogP contribution in [-0.2, 0) is 17.8 Å². The highest BCUT2D eigenvalue weighted by Crippen LogP contribution is 2.12. The number of nitrogens with zero attached hydrogens (tertiary/aromatic N) is 2. The van der Waals surface area contributed by atoms with Crippen molar-refractivity contribution in [2.75, 3.05) is 26.3 Å². The lowest BCUT2D eigenvalue weighted by molar-refractivity contribution is 0.0331. The number of pyridine rings is 1. The van der Waals surface area contributed by atoms with E-state index in [2.05, 4.69) is 9.47 Å². The van der Waals surface area contributed by atoms with Crippen LogP contribution >= 0.6 is 11.6 Å². The van der Waals surface area contributed by atoms with Crippen LogP contribution in [0, 0.1) is 0 Å². The van der Waals surface area contributed by atoms with Gasteiger partial charge in [-0.25, -0.2) is 0 Å². The van der Waals surface area contributed by atoms with Crippen LogP contribution in [0.4, 0.5) is 0 Å². The highest BCUT2D eigenvalue weighted by molar-refractivity contribution is 6.30. The molecule has 0 spiro atoms. The van der Waals surface area contributed by atoms with Gasteiger partial charge in [0.05, 0.1) is 13.2 Å². The Morgan fingerprint density at radius 1 is 1.05 bits per heavy atom. The Labute approximate surface area is 134 Å². The number of morpholine rings is 1. The maximum atomic E-state index is 11.7. The number of aromatic nitrogens is 1. The van der Waals surface area contributed by atoms with Gasteiger partial charge in [0.1, 0.15) is 0 Å². The largest absolute Gasteiger partial charge is 0.379 e. The Kier molecular flexibility index (Phi) is 4.93. The van der Waals surface area contributed by atoms with E-state index in [1.807, 2.05) is 30.5 Å². The van der Waals surface area contributed by atoms with Gasteiger partial charge in [-0.15, -0.1) is 0 Å². The fraction of sp³-hybridized carbons (Fsp3) is 0.353. The molecule has 2 aromatic rings. The van der Waals surface area contributed by atoms with Crippen LogP contribution in [-0.4, -0.2) is 35.8 Å². The van der Waals surface area contributed by atoms with Crippen molar-refractivity contribution in [3.63, 3.8) is 0 Å². The zero-order valence-electron chi connectivity index (χ0n) is 12.4. The van der Waals surface area contributed by atoms with E-state index >= 15 is 0 Å². The van der Waals surface area contributed by atoms with E-state index in [4.69, 9.17) is 16.3 Å². The SMILES string of the molecule is O=c1ccn(Cc2ccc(Cl)cc2)c(CN2CCOCC2)c1. The molecule has 0 atom stereocenters. The molecule has 1 aromatic carbocycles. The summed E-state index contributed by atoms with van der Waals surface area (Å²) in [6, 6.07) is 11.1. The van der Waals surface area contributed by atoms with Crippen LogP contribution in [0.25, 0.3) is 0 Å². The molecule has 2 heterocycles. The lowest BCUT2D eigenvalue weighted by Gasteiger charge is -2.27. The van der Waals surface area contributed by atoms with Gasteiger partial charge in [-0.05, 0) is 17.7 Å². The summed E-state index contributed by atoms with van der Waals surface area (Å²) in [6.45, 7) is 4.83. The number of halogens is 1. The summed E-state index contributed by atoms with van der Waals surface area (Å²) < 4.78 is 7.50. The van der Waals surface area contributed by atoms with E-state index in [1.54, 1.807) is 12.1 Å². The van der Waals surface area contributed by atoms with E-state index < -0.39 is 0 Å². The van der Waals surface area contributed by atoms with Crippen molar-refractivity contribution in [1.82, 2.24) is 9.47 Å². The fourth-order valence-corrected chi connectivity index (χ4v) is 2.75. The number of benzene rings is 1. The third kappa shape index (κ3) is 3.97. The lowest BCUT2D eigenvalue weighted by Crippen LogP contribution is -2.36. The molecule has 1 aliphatic heterocycles. The highest BCUT2D eigenvalue weighted by atomic mass is 35.5. The Hall–Kier alpha value is -1.62. The monoisotopic (exact) mass is 318 g/mol. The van der Waals surface area contributed by atoms with E-state index in [0.717, 1.165) is 55.7 Å². The first kappa shape index (κ1) is 15.3. The summed E-state index contributed by atoms with van der Waals surface area (Å²) in [5.41, 5.74) is 2.25. The maximum Gasteiger partial charge on any atom is 0.181 e. The fourth-order valence-electron chi connectivity index (χ4n) is 2.62. The van der Waals surface area contributed by atoms with Gasteiger partial charge in [0.15, 0.2) is 5.43 Å². The molecule has 0 amide bonds. The van der Waals surface area contributed by atoms with E-state index in [-0.39, 0.29) is 5.43 Å². The van der Waals surface area contributed by atoms with E-state index in [0.29, 0.717) is 0 Å². The Bertz CT molecular complexity index is 676. The van der Waals surface area contributed by atoms with Crippen molar-refractivity contribution in [2.24, 2.45) is 0 Å². The molecule has 0 bridgehead atoms. The van der Waals surface area contributed by atoms with Gasteiger partial charge in [-0.3, -0.25) is 9.69 Å². The quantitative estimate of drug-likeness (QED) is 0.868. The van der Waals surface area contributed by atoms with Crippen LogP contribution in [0.15, 0.2) is 47.4 Å². The lowest BCUT2D eigenvalue weighted by atomic mass is 10.2. The summed E-state index contributed by atoms with van der Waals surface area (Å²) in [7, 11) is 0. The Balaban J connectivity index is 1.80. The summed E-state index contributed by atoms with van der Waals surface area (Å²) >= 11 is 5.93. The second-order valence-corrected chi connectivity index (χ2v) is 5.93. The minimum atomic E-state index is 0.0515. The van der Waals surface area contributed by atoms with Crippen molar-refractivity contribution < 1.29 is 4.74 Å². The number of rotatable bonds is 4. The van der Waals surface area contributed by atoms with Gasteiger partial charge in [-0.2, -0.15) is 0 Å². The van der Waals surface area contributed by atoms with Crippen molar-refractivity contribution in [3.8, 4) is 0 Å². The van der Waals surface area contributed by atoms with Gasteiger partial charge in [-0.1, -0.05) is 23.7 Å². The number of hydrogen-bond donors (Lipinski definition) is 0. The normalized spacial score (nSPS) is 15.9. The molecule has 1 fully saturated rings. The zero-order chi connectivity index (χ0) is 15.4. The molecule has 0 unspecified atom stereocenters. The third-order valence-electron chi connectivity index (χ3n) is 3.85. The number of ether oxygens (including phenoxy) is 1. The molecule has 116 valence electrons. The van der Waals surface area contributed by atoms with E-state index in [9.17, 15) is 4.79 Å². The molecule has 1 aromatic heterocycles. The van der Waals surface area contributed by atoms with Gasteiger partial charge >= 0.3 is 0 Å². The molecule has 5 heteroatoms. The molecule has 4 nitrogen and oxygen atoms in total. The first-order chi connectivity index (χ1) is 10.7. The van der Waals surface area contributed by atoms with Crippen LogP contribution in [0.5, 0.6) is 0 Å². The summed E-state index contributed by atoms with van der Waals surface area (Å²) in [5, 5.41) is 0.734. The predicted molar refractivity (Wildman–Crippen MR) is 87.4 cm³/mol. The van der Waals surface area contributed by atoms with Crippen molar-refractivity contribution in [1.29, 1.82) is 0 Å². The minimum Gasteiger partial charge on any atom is -0.379 e. The highest BCUT2D eigenvalue weighted by Gasteiger charge is 2.13. The molecule has 22 heavy (non-hydrogen) atoms. The average molecular weight is 319 g/mol. The second-order valence-electron chi connectivity index (χ2n) is 5.50. The van der Waals surface area contributed by atoms with Gasteiger partial charge in [0, 0.05) is 55.2 Å². The molecule has 0 saturated carbocycles. The molecule has 0 N–H and O–H groups in total. The maximum absolute atomic E-state index is 11.7. The predicted octanol–water partition coefficient (Wildman–Crippen LogP) is 2.38. The third-order valence-corrected chi connectivity index (χ3v) is 4.10. The van der Waals surface area contributed by atoms with Crippen LogP contribution in [0.1, 0.15) is 11.3 Å². The molecule has 1 aliphatic rings. The Morgan fingerprint density at radius 2 is 1.77 bits per heavy atom. The molecular formula is C17H19ClN2O2. The summed E-state index contributed by atoms with van der Waals surface area (Å²) in [4.78, 5) is 14.0. The van der Waals surface area contributed by atoms with Crippen molar-refractivity contribution in [2.45, 2.75) is 13.1 Å². The minimum absolute atomic E-state index is 0.0515. The van der Waals surface area contributed by atoms with Crippen LogP contribution in [0.3, 0.4) is 0 Å². The molecule has 0 aliphatic carbocycles.